The normalized spacial score (nSPS) is 23.5. The summed E-state index contributed by atoms with van der Waals surface area (Å²) in [7, 11) is 0. The van der Waals surface area contributed by atoms with Gasteiger partial charge in [-0.15, -0.1) is 0 Å². The van der Waals surface area contributed by atoms with Gasteiger partial charge in [0.25, 0.3) is 0 Å². The van der Waals surface area contributed by atoms with Crippen LogP contribution in [0.4, 0.5) is 8.78 Å². The molecule has 2 nitrogen and oxygen atoms in total. The first-order chi connectivity index (χ1) is 8.92. The van der Waals surface area contributed by atoms with Crippen molar-refractivity contribution in [1.29, 1.82) is 0 Å². The van der Waals surface area contributed by atoms with Gasteiger partial charge in [0, 0.05) is 12.1 Å². The van der Waals surface area contributed by atoms with Gasteiger partial charge in [-0.25, -0.2) is 8.78 Å². The summed E-state index contributed by atoms with van der Waals surface area (Å²) in [5.41, 5.74) is 3.72. The topological polar surface area (TPSA) is 38.0 Å². The molecule has 0 bridgehead atoms. The molecule has 1 aliphatic rings. The molecule has 106 valence electrons. The summed E-state index contributed by atoms with van der Waals surface area (Å²) in [6, 6.07) is 3.72. The van der Waals surface area contributed by atoms with Crippen molar-refractivity contribution in [3.8, 4) is 0 Å². The Labute approximate surface area is 113 Å². The number of hydrazine groups is 1. The van der Waals surface area contributed by atoms with Crippen molar-refractivity contribution in [2.24, 2.45) is 17.2 Å². The van der Waals surface area contributed by atoms with E-state index in [1.165, 1.54) is 25.0 Å². The summed E-state index contributed by atoms with van der Waals surface area (Å²) in [5, 5.41) is 0. The zero-order chi connectivity index (χ0) is 14.0. The summed E-state index contributed by atoms with van der Waals surface area (Å²) in [4.78, 5) is 0. The van der Waals surface area contributed by atoms with Crippen molar-refractivity contribution in [3.05, 3.63) is 35.4 Å². The average molecular weight is 268 g/mol. The van der Waals surface area contributed by atoms with Crippen LogP contribution in [0.1, 0.15) is 38.7 Å². The number of benzene rings is 1. The largest absolute Gasteiger partial charge is 0.271 e. The second-order valence-electron chi connectivity index (χ2n) is 6.24. The van der Waals surface area contributed by atoms with E-state index in [9.17, 15) is 8.78 Å². The number of hydrogen-bond acceptors (Lipinski definition) is 2. The van der Waals surface area contributed by atoms with Gasteiger partial charge in [-0.1, -0.05) is 20.3 Å². The molecule has 0 spiro atoms. The molecular weight excluding hydrogens is 246 g/mol. The third kappa shape index (κ3) is 3.31. The quantitative estimate of drug-likeness (QED) is 0.650. The summed E-state index contributed by atoms with van der Waals surface area (Å²) in [5.74, 6) is 5.03. The second kappa shape index (κ2) is 5.55. The van der Waals surface area contributed by atoms with Crippen LogP contribution in [0.5, 0.6) is 0 Å². The van der Waals surface area contributed by atoms with Crippen LogP contribution in [0, 0.1) is 23.0 Å². The first kappa shape index (κ1) is 14.4. The number of rotatable bonds is 4. The smallest absolute Gasteiger partial charge is 0.126 e. The molecule has 4 heteroatoms. The first-order valence-corrected chi connectivity index (χ1v) is 6.83. The maximum Gasteiger partial charge on any atom is 0.126 e. The van der Waals surface area contributed by atoms with Crippen molar-refractivity contribution in [2.45, 2.75) is 45.6 Å². The second-order valence-corrected chi connectivity index (χ2v) is 6.24. The van der Waals surface area contributed by atoms with Crippen molar-refractivity contribution < 1.29 is 8.78 Å². The van der Waals surface area contributed by atoms with Crippen molar-refractivity contribution in [1.82, 2.24) is 5.43 Å². The molecule has 1 aromatic rings. The van der Waals surface area contributed by atoms with E-state index < -0.39 is 11.6 Å². The van der Waals surface area contributed by atoms with E-state index in [2.05, 4.69) is 19.3 Å². The van der Waals surface area contributed by atoms with Crippen LogP contribution in [0.15, 0.2) is 18.2 Å². The number of nitrogens with two attached hydrogens (primary N) is 1. The predicted octanol–water partition coefficient (Wildman–Crippen LogP) is 3.17. The van der Waals surface area contributed by atoms with E-state index in [1.54, 1.807) is 0 Å². The van der Waals surface area contributed by atoms with Gasteiger partial charge >= 0.3 is 0 Å². The van der Waals surface area contributed by atoms with Gasteiger partial charge in [0.2, 0.25) is 0 Å². The molecule has 0 aliphatic heterocycles. The lowest BCUT2D eigenvalue weighted by Crippen LogP contribution is -2.45. The van der Waals surface area contributed by atoms with Crippen molar-refractivity contribution in [3.63, 3.8) is 0 Å². The maximum atomic E-state index is 13.2. The maximum absolute atomic E-state index is 13.2. The first-order valence-electron chi connectivity index (χ1n) is 6.83. The Morgan fingerprint density at radius 2 is 1.95 bits per heavy atom. The lowest BCUT2D eigenvalue weighted by atomic mass is 9.76. The van der Waals surface area contributed by atoms with Crippen molar-refractivity contribution >= 4 is 0 Å². The van der Waals surface area contributed by atoms with Crippen LogP contribution in [0.25, 0.3) is 0 Å². The molecule has 1 aliphatic carbocycles. The summed E-state index contributed by atoms with van der Waals surface area (Å²) in [6.45, 7) is 4.47. The fourth-order valence-corrected chi connectivity index (χ4v) is 3.40. The third-order valence-electron chi connectivity index (χ3n) is 4.42. The molecule has 1 aromatic carbocycles. The minimum atomic E-state index is -0.531. The van der Waals surface area contributed by atoms with Crippen LogP contribution < -0.4 is 11.3 Å². The monoisotopic (exact) mass is 268 g/mol. The third-order valence-corrected chi connectivity index (χ3v) is 4.42. The van der Waals surface area contributed by atoms with Gasteiger partial charge in [-0.2, -0.15) is 0 Å². The van der Waals surface area contributed by atoms with Gasteiger partial charge in [0.05, 0.1) is 0 Å². The SMILES string of the molecule is CC1(C)CCCC1C(Cc1cc(F)cc(F)c1)NN. The molecule has 3 N–H and O–H groups in total. The number of nitrogens with one attached hydrogen (secondary N) is 1. The molecule has 2 atom stereocenters. The van der Waals surface area contributed by atoms with Gasteiger partial charge in [0.15, 0.2) is 0 Å². The molecule has 2 rings (SSSR count). The average Bonchev–Trinajstić information content (AvgIpc) is 2.64. The Balaban J connectivity index is 2.15. The molecular formula is C15H22F2N2. The van der Waals surface area contributed by atoms with E-state index >= 15 is 0 Å². The molecule has 1 fully saturated rings. The van der Waals surface area contributed by atoms with Gasteiger partial charge in [-0.05, 0) is 48.3 Å². The Kier molecular flexibility index (Phi) is 4.21. The van der Waals surface area contributed by atoms with Crippen molar-refractivity contribution in [2.75, 3.05) is 0 Å². The standard InChI is InChI=1S/C15H22F2N2/c1-15(2)5-3-4-13(15)14(19-18)8-10-6-11(16)9-12(17)7-10/h6-7,9,13-14,19H,3-5,8,18H2,1-2H3. The molecule has 0 aromatic heterocycles. The fourth-order valence-electron chi connectivity index (χ4n) is 3.40. The lowest BCUT2D eigenvalue weighted by molar-refractivity contribution is 0.196. The highest BCUT2D eigenvalue weighted by Gasteiger charge is 2.39. The van der Waals surface area contributed by atoms with Gasteiger partial charge in [-0.3, -0.25) is 11.3 Å². The number of hydrogen-bond donors (Lipinski definition) is 2. The predicted molar refractivity (Wildman–Crippen MR) is 72.3 cm³/mol. The molecule has 2 unspecified atom stereocenters. The molecule has 0 amide bonds. The van der Waals surface area contributed by atoms with E-state index in [1.807, 2.05) is 0 Å². The summed E-state index contributed by atoms with van der Waals surface area (Å²) >= 11 is 0. The van der Waals surface area contributed by atoms with Crippen LogP contribution in [0.3, 0.4) is 0 Å². The zero-order valence-electron chi connectivity index (χ0n) is 11.5. The highest BCUT2D eigenvalue weighted by molar-refractivity contribution is 5.19. The van der Waals surface area contributed by atoms with Crippen LogP contribution in [-0.4, -0.2) is 6.04 Å². The number of halogens is 2. The lowest BCUT2D eigenvalue weighted by Gasteiger charge is -2.34. The Morgan fingerprint density at radius 3 is 2.42 bits per heavy atom. The minimum absolute atomic E-state index is 0.0544. The molecule has 0 saturated heterocycles. The Bertz CT molecular complexity index is 426. The van der Waals surface area contributed by atoms with E-state index in [0.717, 1.165) is 12.5 Å². The molecule has 0 heterocycles. The van der Waals surface area contributed by atoms with E-state index in [0.29, 0.717) is 17.9 Å². The fraction of sp³-hybridized carbons (Fsp3) is 0.600. The molecule has 0 radical (unpaired) electrons. The Morgan fingerprint density at radius 1 is 1.32 bits per heavy atom. The summed E-state index contributed by atoms with van der Waals surface area (Å²) < 4.78 is 26.4. The zero-order valence-corrected chi connectivity index (χ0v) is 11.5. The van der Waals surface area contributed by atoms with Gasteiger partial charge < -0.3 is 0 Å². The van der Waals surface area contributed by atoms with Crippen LogP contribution >= 0.6 is 0 Å². The van der Waals surface area contributed by atoms with Crippen LogP contribution in [0.2, 0.25) is 0 Å². The minimum Gasteiger partial charge on any atom is -0.271 e. The van der Waals surface area contributed by atoms with E-state index in [-0.39, 0.29) is 11.5 Å². The van der Waals surface area contributed by atoms with Crippen LogP contribution in [-0.2, 0) is 6.42 Å². The Hall–Kier alpha value is -1.00. The highest BCUT2D eigenvalue weighted by Crippen LogP contribution is 2.44. The molecule has 1 saturated carbocycles. The van der Waals surface area contributed by atoms with E-state index in [4.69, 9.17) is 5.84 Å². The highest BCUT2D eigenvalue weighted by atomic mass is 19.1. The van der Waals surface area contributed by atoms with Gasteiger partial charge in [0.1, 0.15) is 11.6 Å². The molecule has 19 heavy (non-hydrogen) atoms. The summed E-state index contributed by atoms with van der Waals surface area (Å²) in [6.07, 6.45) is 4.03.